The van der Waals surface area contributed by atoms with Crippen molar-refractivity contribution in [3.63, 3.8) is 0 Å². The van der Waals surface area contributed by atoms with E-state index >= 15 is 0 Å². The number of nitrogens with zero attached hydrogens (tertiary/aromatic N) is 1. The van der Waals surface area contributed by atoms with Gasteiger partial charge < -0.3 is 14.5 Å². The molecule has 1 amide bonds. The third kappa shape index (κ3) is 2.00. The molecular weight excluding hydrogens is 180 g/mol. The van der Waals surface area contributed by atoms with Crippen molar-refractivity contribution in [1.29, 1.82) is 0 Å². The fourth-order valence-electron chi connectivity index (χ4n) is 2.22. The minimum absolute atomic E-state index is 0.117. The first kappa shape index (κ1) is 9.77. The summed E-state index contributed by atoms with van der Waals surface area (Å²) in [6.07, 6.45) is 2.99. The lowest BCUT2D eigenvalue weighted by Gasteiger charge is -2.38. The number of ether oxygens (including phenoxy) is 1. The summed E-state index contributed by atoms with van der Waals surface area (Å²) in [5, 5.41) is 0. The molecule has 0 aromatic heterocycles. The molecule has 0 radical (unpaired) electrons. The van der Waals surface area contributed by atoms with E-state index in [1.165, 1.54) is 4.90 Å². The molecule has 0 bridgehead atoms. The van der Waals surface area contributed by atoms with Gasteiger partial charge in [0.1, 0.15) is 0 Å². The molecule has 4 heteroatoms. The number of carbonyl (C=O) groups excluding carboxylic acids is 1. The minimum Gasteiger partial charge on any atom is -0.468 e. The van der Waals surface area contributed by atoms with Gasteiger partial charge in [0.2, 0.25) is 0 Å². The van der Waals surface area contributed by atoms with E-state index < -0.39 is 0 Å². The molecule has 2 saturated heterocycles. The lowest BCUT2D eigenvalue weighted by Crippen LogP contribution is -3.08. The molecule has 0 aromatic rings. The van der Waals surface area contributed by atoms with E-state index in [4.69, 9.17) is 4.74 Å². The normalized spacial score (nSPS) is 34.1. The van der Waals surface area contributed by atoms with Gasteiger partial charge in [-0.1, -0.05) is 0 Å². The predicted octanol–water partition coefficient (Wildman–Crippen LogP) is -0.332. The highest BCUT2D eigenvalue weighted by molar-refractivity contribution is 5.68. The van der Waals surface area contributed by atoms with E-state index in [-0.39, 0.29) is 6.09 Å². The van der Waals surface area contributed by atoms with Gasteiger partial charge in [0.15, 0.2) is 0 Å². The number of rotatable bonds is 1. The van der Waals surface area contributed by atoms with E-state index in [1.54, 1.807) is 0 Å². The summed E-state index contributed by atoms with van der Waals surface area (Å²) >= 11 is 0. The maximum absolute atomic E-state index is 11.5. The van der Waals surface area contributed by atoms with Crippen LogP contribution in [-0.4, -0.2) is 43.3 Å². The van der Waals surface area contributed by atoms with Gasteiger partial charge in [0.25, 0.3) is 0 Å². The molecular formula is C10H18N2O2. The Balaban J connectivity index is 1.90. The van der Waals surface area contributed by atoms with Crippen LogP contribution in [0.15, 0.2) is 0 Å². The maximum atomic E-state index is 11.5. The number of likely N-dealkylation sites (tertiary alicyclic amines) is 1. The van der Waals surface area contributed by atoms with Crippen molar-refractivity contribution < 1.29 is 14.4 Å². The number of quaternary nitrogens is 1. The van der Waals surface area contributed by atoms with Crippen LogP contribution >= 0.6 is 0 Å². The van der Waals surface area contributed by atoms with Gasteiger partial charge >= 0.3 is 6.09 Å². The molecule has 0 aliphatic carbocycles. The van der Waals surface area contributed by atoms with Gasteiger partial charge in [-0.3, -0.25) is 0 Å². The summed E-state index contributed by atoms with van der Waals surface area (Å²) in [4.78, 5) is 14.7. The number of hydrogen-bond donors (Lipinski definition) is 1. The van der Waals surface area contributed by atoms with Crippen LogP contribution in [0, 0.1) is 7.05 Å². The zero-order chi connectivity index (χ0) is 9.97. The summed E-state index contributed by atoms with van der Waals surface area (Å²) in [6, 6.07) is 0.397. The molecule has 0 aromatic carbocycles. The molecule has 0 atom stereocenters. The van der Waals surface area contributed by atoms with Crippen LogP contribution in [0.3, 0.4) is 0 Å². The molecule has 80 valence electrons. The molecule has 0 saturated carbocycles. The van der Waals surface area contributed by atoms with Crippen molar-refractivity contribution in [2.75, 3.05) is 26.2 Å². The lowest BCUT2D eigenvalue weighted by atomic mass is 10.0. The summed E-state index contributed by atoms with van der Waals surface area (Å²) in [6.45, 7) is 3.59. The number of amides is 1. The second-order valence-corrected chi connectivity index (χ2v) is 4.14. The Hall–Kier alpha value is -0.770. The van der Waals surface area contributed by atoms with Crippen LogP contribution in [0.4, 0.5) is 4.79 Å². The Morgan fingerprint density at radius 1 is 1.43 bits per heavy atom. The topological polar surface area (TPSA) is 34.0 Å². The summed E-state index contributed by atoms with van der Waals surface area (Å²) < 4.78 is 5.04. The minimum atomic E-state index is -0.117. The van der Waals surface area contributed by atoms with Crippen LogP contribution in [0.5, 0.6) is 0 Å². The Bertz CT molecular complexity index is 212. The van der Waals surface area contributed by atoms with E-state index in [9.17, 15) is 4.79 Å². The summed E-state index contributed by atoms with van der Waals surface area (Å²) in [5.41, 5.74) is 0. The molecule has 0 spiro atoms. The maximum Gasteiger partial charge on any atom is 0.410 e. The molecule has 14 heavy (non-hydrogen) atoms. The number of hydrogen-bond acceptors (Lipinski definition) is 2. The molecule has 2 rings (SSSR count). The number of carbonyl (C=O) groups is 1. The quantitative estimate of drug-likeness (QED) is 0.585. The van der Waals surface area contributed by atoms with Crippen LogP contribution in [0.2, 0.25) is 0 Å². The molecule has 2 aliphatic heterocycles. The zero-order valence-electron chi connectivity index (χ0n) is 8.50. The van der Waals surface area contributed by atoms with Gasteiger partial charge in [0.05, 0.1) is 19.7 Å². The molecule has 2 aliphatic rings. The van der Waals surface area contributed by atoms with Gasteiger partial charge in [0, 0.05) is 25.4 Å². The fraction of sp³-hybridized carbons (Fsp3) is 0.800. The molecule has 2 heterocycles. The number of piperidine rings is 1. The van der Waals surface area contributed by atoms with Crippen molar-refractivity contribution >= 4 is 6.09 Å². The Morgan fingerprint density at radius 3 is 2.79 bits per heavy atom. The monoisotopic (exact) mass is 198 g/mol. The van der Waals surface area contributed by atoms with Crippen LogP contribution < -0.4 is 4.90 Å². The third-order valence-electron chi connectivity index (χ3n) is 3.11. The smallest absolute Gasteiger partial charge is 0.410 e. The second kappa shape index (κ2) is 4.17. The highest BCUT2D eigenvalue weighted by atomic mass is 16.6. The van der Waals surface area contributed by atoms with Crippen molar-refractivity contribution in [1.82, 2.24) is 4.90 Å². The predicted molar refractivity (Wildman–Crippen MR) is 51.7 cm³/mol. The number of nitrogens with one attached hydrogen (secondary N) is 1. The van der Waals surface area contributed by atoms with E-state index in [1.807, 2.05) is 4.90 Å². The van der Waals surface area contributed by atoms with Gasteiger partial charge in [-0.05, 0) is 6.42 Å². The molecule has 2 fully saturated rings. The SMILES string of the molecule is [CH2-][NH+]1CCC(N2CCCOC2=O)CC1. The van der Waals surface area contributed by atoms with Crippen LogP contribution in [0.25, 0.3) is 0 Å². The first-order valence-corrected chi connectivity index (χ1v) is 5.37. The Morgan fingerprint density at radius 2 is 2.14 bits per heavy atom. The molecule has 0 unspecified atom stereocenters. The Labute approximate surface area is 84.8 Å². The largest absolute Gasteiger partial charge is 0.468 e. The molecule has 1 N–H and O–H groups in total. The zero-order valence-corrected chi connectivity index (χ0v) is 8.50. The molecule has 4 nitrogen and oxygen atoms in total. The van der Waals surface area contributed by atoms with E-state index in [0.717, 1.165) is 38.9 Å². The van der Waals surface area contributed by atoms with Crippen LogP contribution in [-0.2, 0) is 4.74 Å². The average molecular weight is 198 g/mol. The lowest BCUT2D eigenvalue weighted by molar-refractivity contribution is -0.859. The Kier molecular flexibility index (Phi) is 2.91. The van der Waals surface area contributed by atoms with Crippen molar-refractivity contribution in [3.8, 4) is 0 Å². The van der Waals surface area contributed by atoms with Crippen molar-refractivity contribution in [2.24, 2.45) is 0 Å². The van der Waals surface area contributed by atoms with Gasteiger partial charge in [-0.25, -0.2) is 4.79 Å². The van der Waals surface area contributed by atoms with E-state index in [2.05, 4.69) is 7.05 Å². The first-order chi connectivity index (χ1) is 6.77. The highest BCUT2D eigenvalue weighted by Crippen LogP contribution is 2.15. The third-order valence-corrected chi connectivity index (χ3v) is 3.11. The second-order valence-electron chi connectivity index (χ2n) is 4.14. The van der Waals surface area contributed by atoms with Gasteiger partial charge in [-0.15, -0.1) is 0 Å². The summed E-state index contributed by atoms with van der Waals surface area (Å²) in [5.74, 6) is 0. The van der Waals surface area contributed by atoms with Crippen molar-refractivity contribution in [3.05, 3.63) is 7.05 Å². The summed E-state index contributed by atoms with van der Waals surface area (Å²) in [7, 11) is 3.98. The van der Waals surface area contributed by atoms with E-state index in [0.29, 0.717) is 12.6 Å². The average Bonchev–Trinajstić information content (AvgIpc) is 2.20. The number of cyclic esters (lactones) is 1. The highest BCUT2D eigenvalue weighted by Gasteiger charge is 2.30. The van der Waals surface area contributed by atoms with Crippen molar-refractivity contribution in [2.45, 2.75) is 25.3 Å². The van der Waals surface area contributed by atoms with Crippen LogP contribution in [0.1, 0.15) is 19.3 Å². The van der Waals surface area contributed by atoms with Gasteiger partial charge in [-0.2, -0.15) is 7.05 Å². The fourth-order valence-corrected chi connectivity index (χ4v) is 2.22. The first-order valence-electron chi connectivity index (χ1n) is 5.37. The standard InChI is InChI=1S/C10H18N2O2/c1-11-6-3-9(4-7-11)12-5-2-8-14-10(12)13/h9,11H,1-8H2.